The SMILES string of the molecule is Cc1cc(C(=O)CSc2ccc(F)c(F)c2)c(C)n1[C@H]1CCS(=O)(=O)C1. The molecule has 0 aliphatic carbocycles. The van der Waals surface area contributed by atoms with Gasteiger partial charge in [-0.25, -0.2) is 17.2 Å². The largest absolute Gasteiger partial charge is 0.344 e. The van der Waals surface area contributed by atoms with Crippen LogP contribution in [-0.2, 0) is 9.84 Å². The third-order valence-electron chi connectivity index (χ3n) is 4.62. The van der Waals surface area contributed by atoms with Gasteiger partial charge in [-0.1, -0.05) is 0 Å². The molecule has 0 radical (unpaired) electrons. The number of aromatic nitrogens is 1. The minimum atomic E-state index is -3.02. The first-order valence-electron chi connectivity index (χ1n) is 8.18. The molecule has 0 spiro atoms. The summed E-state index contributed by atoms with van der Waals surface area (Å²) in [6.45, 7) is 3.67. The zero-order valence-corrected chi connectivity index (χ0v) is 16.1. The molecule has 3 rings (SSSR count). The standard InChI is InChI=1S/C18H19F2NO3S2/c1-11-7-15(12(2)21(11)13-5-6-26(23,24)10-13)18(22)9-25-14-3-4-16(19)17(20)8-14/h3-4,7-8,13H,5-6,9-10H2,1-2H3/t13-/m0/s1. The van der Waals surface area contributed by atoms with Gasteiger partial charge in [-0.2, -0.15) is 0 Å². The van der Waals surface area contributed by atoms with E-state index in [9.17, 15) is 22.0 Å². The quantitative estimate of drug-likeness (QED) is 0.568. The molecule has 1 aromatic heterocycles. The molecule has 1 fully saturated rings. The third kappa shape index (κ3) is 3.86. The topological polar surface area (TPSA) is 56.1 Å². The van der Waals surface area contributed by atoms with E-state index in [0.717, 1.165) is 35.3 Å². The Kier molecular flexibility index (Phi) is 5.25. The van der Waals surface area contributed by atoms with Crippen molar-refractivity contribution in [1.29, 1.82) is 0 Å². The number of hydrogen-bond acceptors (Lipinski definition) is 4. The molecule has 1 aromatic carbocycles. The lowest BCUT2D eigenvalue weighted by Gasteiger charge is -2.16. The van der Waals surface area contributed by atoms with Crippen molar-refractivity contribution in [1.82, 2.24) is 4.57 Å². The molecular formula is C18H19F2NO3S2. The van der Waals surface area contributed by atoms with Crippen molar-refractivity contribution < 1.29 is 22.0 Å². The maximum atomic E-state index is 13.3. The van der Waals surface area contributed by atoms with Gasteiger partial charge >= 0.3 is 0 Å². The molecule has 0 N–H and O–H groups in total. The van der Waals surface area contributed by atoms with Crippen molar-refractivity contribution >= 4 is 27.4 Å². The van der Waals surface area contributed by atoms with Crippen LogP contribution in [-0.4, -0.2) is 36.0 Å². The molecule has 0 amide bonds. The molecular weight excluding hydrogens is 380 g/mol. The normalized spacial score (nSPS) is 19.0. The summed E-state index contributed by atoms with van der Waals surface area (Å²) in [4.78, 5) is 13.1. The fourth-order valence-corrected chi connectivity index (χ4v) is 5.90. The van der Waals surface area contributed by atoms with Crippen LogP contribution in [0.15, 0.2) is 29.2 Å². The van der Waals surface area contributed by atoms with Crippen LogP contribution in [0.3, 0.4) is 0 Å². The Bertz CT molecular complexity index is 967. The number of halogens is 2. The minimum absolute atomic E-state index is 0.0956. The first kappa shape index (κ1) is 19.1. The van der Waals surface area contributed by atoms with Crippen molar-refractivity contribution in [2.24, 2.45) is 0 Å². The summed E-state index contributed by atoms with van der Waals surface area (Å²) >= 11 is 1.14. The van der Waals surface area contributed by atoms with Gasteiger partial charge in [0.15, 0.2) is 27.3 Å². The van der Waals surface area contributed by atoms with Gasteiger partial charge in [0.05, 0.1) is 17.3 Å². The fourth-order valence-electron chi connectivity index (χ4n) is 3.39. The van der Waals surface area contributed by atoms with Crippen LogP contribution in [0.4, 0.5) is 8.78 Å². The average Bonchev–Trinajstić information content (AvgIpc) is 3.07. The summed E-state index contributed by atoms with van der Waals surface area (Å²) < 4.78 is 51.7. The number of benzene rings is 1. The summed E-state index contributed by atoms with van der Waals surface area (Å²) in [5.41, 5.74) is 2.15. The second-order valence-corrected chi connectivity index (χ2v) is 9.78. The number of hydrogen-bond donors (Lipinski definition) is 0. The summed E-state index contributed by atoms with van der Waals surface area (Å²) in [7, 11) is -3.02. The maximum absolute atomic E-state index is 13.3. The molecule has 2 aromatic rings. The predicted octanol–water partition coefficient (Wildman–Crippen LogP) is 3.72. The monoisotopic (exact) mass is 399 g/mol. The minimum Gasteiger partial charge on any atom is -0.344 e. The van der Waals surface area contributed by atoms with Crippen LogP contribution in [0.25, 0.3) is 0 Å². The lowest BCUT2D eigenvalue weighted by atomic mass is 10.2. The Morgan fingerprint density at radius 3 is 2.58 bits per heavy atom. The molecule has 1 aliphatic rings. The van der Waals surface area contributed by atoms with Gasteiger partial charge in [0.25, 0.3) is 0 Å². The summed E-state index contributed by atoms with van der Waals surface area (Å²) in [5, 5.41) is 0. The van der Waals surface area contributed by atoms with Crippen molar-refractivity contribution in [3.05, 3.63) is 52.9 Å². The molecule has 1 saturated heterocycles. The number of carbonyl (C=O) groups is 1. The molecule has 2 heterocycles. The van der Waals surface area contributed by atoms with Gasteiger partial charge in [-0.15, -0.1) is 11.8 Å². The van der Waals surface area contributed by atoms with Crippen molar-refractivity contribution in [2.75, 3.05) is 17.3 Å². The van der Waals surface area contributed by atoms with Gasteiger partial charge in [0.2, 0.25) is 0 Å². The highest BCUT2D eigenvalue weighted by Crippen LogP contribution is 2.30. The number of rotatable bonds is 5. The average molecular weight is 399 g/mol. The molecule has 8 heteroatoms. The number of sulfone groups is 1. The number of aryl methyl sites for hydroxylation is 1. The zero-order valence-electron chi connectivity index (χ0n) is 14.5. The zero-order chi connectivity index (χ0) is 19.1. The van der Waals surface area contributed by atoms with Gasteiger partial charge in [0, 0.05) is 27.9 Å². The van der Waals surface area contributed by atoms with Crippen LogP contribution in [0.1, 0.15) is 34.2 Å². The number of carbonyl (C=O) groups excluding carboxylic acids is 1. The van der Waals surface area contributed by atoms with E-state index >= 15 is 0 Å². The lowest BCUT2D eigenvalue weighted by molar-refractivity contribution is 0.102. The second-order valence-electron chi connectivity index (χ2n) is 6.50. The highest BCUT2D eigenvalue weighted by Gasteiger charge is 2.31. The van der Waals surface area contributed by atoms with Crippen LogP contribution in [0, 0.1) is 25.5 Å². The Labute approximate surface area is 155 Å². The summed E-state index contributed by atoms with van der Waals surface area (Å²) in [6.07, 6.45) is 0.552. The second kappa shape index (κ2) is 7.15. The van der Waals surface area contributed by atoms with Crippen molar-refractivity contribution in [2.45, 2.75) is 31.2 Å². The Balaban J connectivity index is 1.76. The highest BCUT2D eigenvalue weighted by atomic mass is 32.2. The molecule has 0 saturated carbocycles. The van der Waals surface area contributed by atoms with Gasteiger partial charge < -0.3 is 4.57 Å². The number of ketones is 1. The first-order valence-corrected chi connectivity index (χ1v) is 11.0. The third-order valence-corrected chi connectivity index (χ3v) is 7.36. The molecule has 0 unspecified atom stereocenters. The van der Waals surface area contributed by atoms with Crippen LogP contribution in [0.2, 0.25) is 0 Å². The van der Waals surface area contributed by atoms with Crippen LogP contribution < -0.4 is 0 Å². The Morgan fingerprint density at radius 2 is 1.96 bits per heavy atom. The number of Topliss-reactive ketones (excluding diaryl/α,β-unsaturated/α-hetero) is 1. The van der Waals surface area contributed by atoms with Crippen molar-refractivity contribution in [3.8, 4) is 0 Å². The van der Waals surface area contributed by atoms with E-state index in [0.29, 0.717) is 16.9 Å². The smallest absolute Gasteiger partial charge is 0.174 e. The molecule has 1 atom stereocenters. The number of nitrogens with zero attached hydrogens (tertiary/aromatic N) is 1. The first-order chi connectivity index (χ1) is 12.2. The van der Waals surface area contributed by atoms with Gasteiger partial charge in [0.1, 0.15) is 0 Å². The van der Waals surface area contributed by atoms with E-state index in [-0.39, 0.29) is 29.1 Å². The van der Waals surface area contributed by atoms with Crippen LogP contribution >= 0.6 is 11.8 Å². The Morgan fingerprint density at radius 1 is 1.23 bits per heavy atom. The fraction of sp³-hybridized carbons (Fsp3) is 0.389. The van der Waals surface area contributed by atoms with E-state index in [1.165, 1.54) is 6.07 Å². The number of thioether (sulfide) groups is 1. The van der Waals surface area contributed by atoms with Crippen molar-refractivity contribution in [3.63, 3.8) is 0 Å². The predicted molar refractivity (Wildman–Crippen MR) is 97.6 cm³/mol. The van der Waals surface area contributed by atoms with E-state index in [2.05, 4.69) is 0 Å². The van der Waals surface area contributed by atoms with E-state index in [1.54, 1.807) is 6.07 Å². The van der Waals surface area contributed by atoms with Gasteiger partial charge in [-0.05, 0) is 44.5 Å². The van der Waals surface area contributed by atoms with E-state index in [1.807, 2.05) is 18.4 Å². The molecule has 0 bridgehead atoms. The van der Waals surface area contributed by atoms with Crippen LogP contribution in [0.5, 0.6) is 0 Å². The van der Waals surface area contributed by atoms with E-state index in [4.69, 9.17) is 0 Å². The van der Waals surface area contributed by atoms with Gasteiger partial charge in [-0.3, -0.25) is 4.79 Å². The highest BCUT2D eigenvalue weighted by molar-refractivity contribution is 8.00. The lowest BCUT2D eigenvalue weighted by Crippen LogP contribution is -2.14. The Hall–Kier alpha value is -1.67. The molecule has 140 valence electrons. The maximum Gasteiger partial charge on any atom is 0.174 e. The summed E-state index contributed by atoms with van der Waals surface area (Å²) in [5.74, 6) is -1.62. The summed E-state index contributed by atoms with van der Waals surface area (Å²) in [6, 6.07) is 5.17. The molecule has 4 nitrogen and oxygen atoms in total. The van der Waals surface area contributed by atoms with E-state index < -0.39 is 21.5 Å². The molecule has 1 aliphatic heterocycles. The molecule has 26 heavy (non-hydrogen) atoms.